The molecule has 6 aromatic carbocycles. The van der Waals surface area contributed by atoms with E-state index in [-0.39, 0.29) is 71.0 Å². The molecule has 0 radical (unpaired) electrons. The van der Waals surface area contributed by atoms with Crippen LogP contribution in [0.25, 0.3) is 56.6 Å². The number of rotatable bonds is 22. The van der Waals surface area contributed by atoms with Gasteiger partial charge in [-0.05, 0) is 187 Å². The highest BCUT2D eigenvalue weighted by molar-refractivity contribution is 9.10. The second-order valence-corrected chi connectivity index (χ2v) is 31.4. The van der Waals surface area contributed by atoms with Gasteiger partial charge in [0, 0.05) is 52.6 Å². The minimum atomic E-state index is -4.41. The molecule has 146 heavy (non-hydrogen) atoms. The minimum Gasteiger partial charge on any atom is -0.497 e. The lowest BCUT2D eigenvalue weighted by Gasteiger charge is -2.17. The first-order valence-corrected chi connectivity index (χ1v) is 42.6. The number of carboxylic acid groups (broad SMARTS) is 1. The van der Waals surface area contributed by atoms with Crippen LogP contribution < -0.4 is 31.7 Å². The van der Waals surface area contributed by atoms with Crippen molar-refractivity contribution in [2.75, 3.05) is 62.4 Å². The van der Waals surface area contributed by atoms with Gasteiger partial charge in [-0.15, -0.1) is 0 Å². The number of esters is 2. The van der Waals surface area contributed by atoms with E-state index in [1.807, 2.05) is 25.1 Å². The Balaban J connectivity index is 0.000000171. The third-order valence-corrected chi connectivity index (χ3v) is 20.4. The fraction of sp³-hybridized carbons (Fsp3) is 0.165. The van der Waals surface area contributed by atoms with Crippen LogP contribution in [0.3, 0.4) is 0 Å². The normalized spacial score (nSPS) is 11.2. The lowest BCUT2D eigenvalue weighted by Crippen LogP contribution is -2.28. The van der Waals surface area contributed by atoms with Gasteiger partial charge in [0.2, 0.25) is 0 Å². The average molecular weight is 2100 g/mol. The van der Waals surface area contributed by atoms with Gasteiger partial charge >= 0.3 is 48.8 Å². The summed E-state index contributed by atoms with van der Waals surface area (Å²) in [5, 5.41) is 31.2. The minimum absolute atomic E-state index is 0.0186. The molecular formula is C97H79BrF15N17O16. The maximum atomic E-state index is 12.8. The van der Waals surface area contributed by atoms with E-state index < -0.39 is 88.4 Å². The molecule has 49 heteroatoms. The average Bonchev–Trinajstić information content (AvgIpc) is 1.65. The summed E-state index contributed by atoms with van der Waals surface area (Å²) >= 11 is 3.25. The second kappa shape index (κ2) is 47.5. The largest absolute Gasteiger partial charge is 0.497 e. The number of carboxylic acids is 1. The number of carbonyl (C=O) groups is 5. The van der Waals surface area contributed by atoms with Crippen LogP contribution in [-0.2, 0) is 51.8 Å². The zero-order valence-electron chi connectivity index (χ0n) is 77.3. The number of nitrogen functional groups attached to an aromatic ring is 1. The number of amides is 2. The molecule has 0 fully saturated rings. The Morgan fingerprint density at radius 1 is 0.356 bits per heavy atom. The number of halogens is 16. The van der Waals surface area contributed by atoms with Crippen LogP contribution in [-0.4, -0.2) is 135 Å². The van der Waals surface area contributed by atoms with Gasteiger partial charge in [0.25, 0.3) is 41.9 Å². The fourth-order valence-electron chi connectivity index (χ4n) is 12.6. The number of oxazole rings is 5. The van der Waals surface area contributed by atoms with Crippen LogP contribution in [0.2, 0.25) is 0 Å². The molecule has 10 heterocycles. The third kappa shape index (κ3) is 30.1. The summed E-state index contributed by atoms with van der Waals surface area (Å²) in [6, 6.07) is 38.9. The Morgan fingerprint density at radius 3 is 0.877 bits per heavy atom. The van der Waals surface area contributed by atoms with E-state index in [1.165, 1.54) is 145 Å². The van der Waals surface area contributed by atoms with Crippen LogP contribution in [0.15, 0.2) is 264 Å². The Labute approximate surface area is 824 Å². The predicted molar refractivity (Wildman–Crippen MR) is 498 cm³/mol. The van der Waals surface area contributed by atoms with E-state index in [9.17, 15) is 95.0 Å². The summed E-state index contributed by atoms with van der Waals surface area (Å²) in [6.07, 6.45) is -7.93. The van der Waals surface area contributed by atoms with Crippen molar-refractivity contribution in [2.24, 2.45) is 0 Å². The van der Waals surface area contributed by atoms with Crippen molar-refractivity contribution in [1.29, 1.82) is 0 Å². The predicted octanol–water partition coefficient (Wildman–Crippen LogP) is 24.3. The van der Waals surface area contributed by atoms with Gasteiger partial charge in [0.15, 0.2) is 45.9 Å². The number of hydrogen-bond acceptors (Lipinski definition) is 30. The van der Waals surface area contributed by atoms with Crippen molar-refractivity contribution >= 4 is 98.5 Å². The van der Waals surface area contributed by atoms with Crippen LogP contribution in [0.5, 0.6) is 5.75 Å². The van der Waals surface area contributed by atoms with Crippen LogP contribution in [0.1, 0.15) is 114 Å². The van der Waals surface area contributed by atoms with E-state index in [0.717, 1.165) is 87.1 Å². The Morgan fingerprint density at radius 2 is 0.623 bits per heavy atom. The standard InChI is InChI=1S/C26H23F3N4O4.C18H15F3N4O3.C18H14F3N3O3.C17H12F3N3O3.C10H7F3N2O.C8H8BrNO2/c1-16-12-20(32-25-31-14-22(37-25)18-6-8-19(9-7-18)26(27,28)29)13-30-23(16)24(34)33(2)36-15-17-4-10-21(35-3)11-5-17;1-10-7-13(8-22-15(10)16(26)25(2)27)24-17-23-9-14(28-17)11-3-5-12(6-4-11)18(19,20)21;1-10-7-13(8-22-15(10)16(25)26-2)24-17-23-9-14(27-17)11-3-5-12(6-4-11)18(19,20)21;1-9-6-12(7-21-14(9)15(24)25)23-16-22-8-13(26-16)10-2-4-11(5-3-10)17(18,19)20;11-10(12,13)7-3-1-6(2-4-7)8-5-15-9(14)16-8;1-5-3-6(9)4-10-7(5)8(11)12-2/h4-14H,15H2,1-3H3,(H,31,32);3-9,27H,1-2H3,(H,23,24);3-9H,1-2H3,(H,23,24);2-8H,1H3,(H,22,23)(H,24,25);1-5H,(H2,14,15);3-4H,1-2H3. The fourth-order valence-corrected chi connectivity index (χ4v) is 13.0. The van der Waals surface area contributed by atoms with Crippen LogP contribution in [0.4, 0.5) is 119 Å². The number of carbonyl (C=O) groups excluding carboxylic acids is 4. The maximum absolute atomic E-state index is 12.8. The molecule has 16 rings (SSSR count). The van der Waals surface area contributed by atoms with E-state index in [4.69, 9.17) is 42.5 Å². The zero-order chi connectivity index (χ0) is 106. The third-order valence-electron chi connectivity index (χ3n) is 19.9. The van der Waals surface area contributed by atoms with E-state index in [1.54, 1.807) is 77.4 Å². The molecule has 0 saturated carbocycles. The number of nitrogens with one attached hydrogen (secondary N) is 4. The van der Waals surface area contributed by atoms with Crippen molar-refractivity contribution in [3.8, 4) is 62.4 Å². The molecule has 0 saturated heterocycles. The number of aromatic nitrogens is 10. The number of nitrogens with two attached hydrogens (primary N) is 1. The smallest absolute Gasteiger partial charge is 0.416 e. The Kier molecular flexibility index (Phi) is 35.4. The molecule has 0 unspecified atom stereocenters. The zero-order valence-corrected chi connectivity index (χ0v) is 78.9. The molecule has 33 nitrogen and oxygen atoms in total. The molecule has 0 aliphatic heterocycles. The highest BCUT2D eigenvalue weighted by Gasteiger charge is 2.35. The Hall–Kier alpha value is -17.4. The number of hydroxylamine groups is 4. The molecule has 10 aromatic heterocycles. The van der Waals surface area contributed by atoms with Gasteiger partial charge in [-0.1, -0.05) is 72.8 Å². The van der Waals surface area contributed by atoms with Gasteiger partial charge in [-0.2, -0.15) is 65.9 Å². The van der Waals surface area contributed by atoms with Crippen LogP contribution in [0, 0.1) is 34.6 Å². The van der Waals surface area contributed by atoms with Gasteiger partial charge in [0.05, 0.1) is 128 Å². The number of anilines is 9. The SMILES string of the molecule is COC(=O)c1ncc(Br)cc1C.COC(=O)c1ncc(Nc2ncc(-c3ccc(C(F)(F)F)cc3)o2)cc1C.COc1ccc(CON(C)C(=O)c2ncc(Nc3ncc(-c4ccc(C(F)(F)F)cc4)o3)cc2C)cc1.Cc1cc(Nc2ncc(-c3ccc(C(F)(F)F)cc3)o2)cnc1C(=O)N(C)O.Cc1cc(Nc2ncc(-c3ccc(C(F)(F)F)cc3)o2)cnc1C(=O)O.Nc1ncc(-c2ccc(C(F)(F)F)cc2)o1. The van der Waals surface area contributed by atoms with Crippen molar-refractivity contribution in [1.82, 2.24) is 60.0 Å². The lowest BCUT2D eigenvalue weighted by atomic mass is 10.1. The summed E-state index contributed by atoms with van der Waals surface area (Å²) in [4.78, 5) is 104. The van der Waals surface area contributed by atoms with Gasteiger partial charge in [-0.25, -0.2) is 74.3 Å². The number of pyridine rings is 5. The number of alkyl halides is 15. The van der Waals surface area contributed by atoms with Crippen molar-refractivity contribution in [3.63, 3.8) is 0 Å². The number of benzene rings is 6. The summed E-state index contributed by atoms with van der Waals surface area (Å²) in [5.41, 5.74) is 10.5. The molecule has 760 valence electrons. The first-order chi connectivity index (χ1) is 68.9. The molecule has 0 atom stereocenters. The van der Waals surface area contributed by atoms with Gasteiger partial charge < -0.3 is 68.4 Å². The molecule has 0 spiro atoms. The van der Waals surface area contributed by atoms with Crippen LogP contribution >= 0.6 is 15.9 Å². The number of aromatic carboxylic acids is 1. The first-order valence-electron chi connectivity index (χ1n) is 41.8. The van der Waals surface area contributed by atoms with Crippen molar-refractivity contribution < 1.29 is 141 Å². The quantitative estimate of drug-likeness (QED) is 0.0143. The summed E-state index contributed by atoms with van der Waals surface area (Å²) in [5.74, 6) is -0.904. The summed E-state index contributed by atoms with van der Waals surface area (Å²) in [7, 11) is 6.90. The number of aryl methyl sites for hydroxylation is 5. The molecule has 0 aliphatic carbocycles. The first kappa shape index (κ1) is 109. The molecular weight excluding hydrogens is 2020 g/mol. The molecule has 2 amide bonds. The lowest BCUT2D eigenvalue weighted by molar-refractivity contribution is -0.138. The molecule has 8 N–H and O–H groups in total. The van der Waals surface area contributed by atoms with Crippen molar-refractivity contribution in [3.05, 3.63) is 332 Å². The monoisotopic (exact) mass is 2100 g/mol. The highest BCUT2D eigenvalue weighted by Crippen LogP contribution is 2.39. The Bertz CT molecular complexity index is 7210. The molecule has 0 aliphatic rings. The van der Waals surface area contributed by atoms with E-state index in [2.05, 4.69) is 96.5 Å². The summed E-state index contributed by atoms with van der Waals surface area (Å²) in [6.45, 7) is 8.68. The van der Waals surface area contributed by atoms with E-state index in [0.29, 0.717) is 101 Å². The number of methoxy groups -OCH3 is 3. The number of nitrogens with zero attached hydrogens (tertiary/aromatic N) is 12. The number of hydrogen-bond donors (Lipinski definition) is 7. The van der Waals surface area contributed by atoms with Crippen molar-refractivity contribution in [2.45, 2.75) is 72.1 Å². The number of ether oxygens (including phenoxy) is 3. The maximum Gasteiger partial charge on any atom is 0.416 e. The molecule has 0 bridgehead atoms. The topological polar surface area (TPSA) is 438 Å². The summed E-state index contributed by atoms with van der Waals surface area (Å²) < 4.78 is 231. The molecule has 16 aromatic rings. The highest BCUT2D eigenvalue weighted by atomic mass is 79.9. The van der Waals surface area contributed by atoms with Gasteiger partial charge in [0.1, 0.15) is 23.7 Å². The van der Waals surface area contributed by atoms with E-state index >= 15 is 0 Å². The second-order valence-electron chi connectivity index (χ2n) is 30.5. The van der Waals surface area contributed by atoms with Gasteiger partial charge in [-0.3, -0.25) is 19.6 Å².